The number of esters is 4. The molecule has 0 fully saturated rings. The molecule has 554 valence electrons. The van der Waals surface area contributed by atoms with Gasteiger partial charge in [-0.05, 0) is 63.2 Å². The first-order chi connectivity index (χ1) is 45.4. The van der Waals surface area contributed by atoms with Crippen LogP contribution in [0.15, 0.2) is 24.3 Å². The van der Waals surface area contributed by atoms with Crippen molar-refractivity contribution in [2.24, 2.45) is 11.8 Å². The molecule has 0 amide bonds. The third-order valence-corrected chi connectivity index (χ3v) is 18.7. The lowest BCUT2D eigenvalue weighted by Gasteiger charge is -2.21. The van der Waals surface area contributed by atoms with Crippen LogP contribution in [0.1, 0.15) is 363 Å². The second kappa shape index (κ2) is 66.4. The zero-order valence-electron chi connectivity index (χ0n) is 60.7. The number of unbranched alkanes of at least 4 members (excludes halogenated alkanes) is 39. The van der Waals surface area contributed by atoms with Crippen molar-refractivity contribution in [2.45, 2.75) is 381 Å². The highest BCUT2D eigenvalue weighted by Gasteiger charge is 2.30. The maximum absolute atomic E-state index is 13.1. The molecular formula is C75H142O17P2. The topological polar surface area (TPSA) is 237 Å². The van der Waals surface area contributed by atoms with Gasteiger partial charge in [0.1, 0.15) is 19.3 Å². The smallest absolute Gasteiger partial charge is 0.462 e. The molecule has 19 heteroatoms. The number of phosphoric acid groups is 2. The minimum atomic E-state index is -4.96. The number of carbonyl (C=O) groups excluding carboxylic acids is 4. The molecule has 0 aliphatic rings. The van der Waals surface area contributed by atoms with Gasteiger partial charge in [0.05, 0.1) is 26.4 Å². The van der Waals surface area contributed by atoms with E-state index in [4.69, 9.17) is 37.0 Å². The minimum Gasteiger partial charge on any atom is -0.462 e. The van der Waals surface area contributed by atoms with Gasteiger partial charge in [0, 0.05) is 25.7 Å². The Morgan fingerprint density at radius 3 is 0.872 bits per heavy atom. The molecule has 0 bridgehead atoms. The Labute approximate surface area is 573 Å². The lowest BCUT2D eigenvalue weighted by Crippen LogP contribution is -2.30. The highest BCUT2D eigenvalue weighted by Crippen LogP contribution is 2.45. The van der Waals surface area contributed by atoms with E-state index in [0.717, 1.165) is 115 Å². The fraction of sp³-hybridized carbons (Fsp3) is 0.893. The molecule has 3 N–H and O–H groups in total. The number of aliphatic hydroxyl groups is 1. The lowest BCUT2D eigenvalue weighted by atomic mass is 10.0. The number of hydrogen-bond donors (Lipinski definition) is 3. The number of carbonyl (C=O) groups is 4. The summed E-state index contributed by atoms with van der Waals surface area (Å²) < 4.78 is 68.4. The van der Waals surface area contributed by atoms with E-state index >= 15 is 0 Å². The summed E-state index contributed by atoms with van der Waals surface area (Å²) in [5, 5.41) is 10.6. The highest BCUT2D eigenvalue weighted by molar-refractivity contribution is 7.47. The fourth-order valence-corrected chi connectivity index (χ4v) is 12.5. The predicted octanol–water partition coefficient (Wildman–Crippen LogP) is 21.5. The van der Waals surface area contributed by atoms with Crippen molar-refractivity contribution in [3.8, 4) is 0 Å². The molecule has 17 nitrogen and oxygen atoms in total. The lowest BCUT2D eigenvalue weighted by molar-refractivity contribution is -0.161. The summed E-state index contributed by atoms with van der Waals surface area (Å²) in [4.78, 5) is 72.7. The molecular weight excluding hydrogens is 1230 g/mol. The Morgan fingerprint density at radius 2 is 0.574 bits per heavy atom. The van der Waals surface area contributed by atoms with Crippen molar-refractivity contribution < 1.29 is 80.2 Å². The Hall–Kier alpha value is -2.46. The maximum atomic E-state index is 13.1. The molecule has 94 heavy (non-hydrogen) atoms. The number of ether oxygens (including phenoxy) is 4. The van der Waals surface area contributed by atoms with Gasteiger partial charge in [0.2, 0.25) is 0 Å². The monoisotopic (exact) mass is 1380 g/mol. The van der Waals surface area contributed by atoms with Crippen LogP contribution < -0.4 is 0 Å². The molecule has 0 spiro atoms. The van der Waals surface area contributed by atoms with Crippen LogP contribution in [-0.2, 0) is 65.4 Å². The highest BCUT2D eigenvalue weighted by atomic mass is 31.2. The molecule has 0 aromatic heterocycles. The molecule has 0 saturated heterocycles. The van der Waals surface area contributed by atoms with Gasteiger partial charge in [0.25, 0.3) is 0 Å². The van der Waals surface area contributed by atoms with E-state index in [1.165, 1.54) is 161 Å². The SMILES string of the molecule is CCCCCC/C=C\C=C/CCCCCCCC(=O)O[C@H](COC(=O)CCCCCCCCCCCCCCC(C)C)COP(=O)(O)OC[C@@H](O)COP(=O)(O)OC[C@@H](COC(=O)CCCCCCCCC(C)C)OC(=O)CCCCCCCCCCCCCCCCC. The molecule has 0 aromatic rings. The second-order valence-electron chi connectivity index (χ2n) is 27.3. The Balaban J connectivity index is 5.27. The van der Waals surface area contributed by atoms with Crippen LogP contribution in [0, 0.1) is 11.8 Å². The number of aliphatic hydroxyl groups excluding tert-OH is 1. The largest absolute Gasteiger partial charge is 0.472 e. The maximum Gasteiger partial charge on any atom is 0.472 e. The molecule has 0 aliphatic carbocycles. The number of rotatable bonds is 72. The van der Waals surface area contributed by atoms with E-state index in [1.807, 2.05) is 0 Å². The zero-order chi connectivity index (χ0) is 69.3. The molecule has 0 heterocycles. The first-order valence-corrected chi connectivity index (χ1v) is 41.3. The molecule has 0 aliphatic heterocycles. The van der Waals surface area contributed by atoms with Crippen LogP contribution in [0.4, 0.5) is 0 Å². The van der Waals surface area contributed by atoms with Crippen molar-refractivity contribution >= 4 is 39.5 Å². The van der Waals surface area contributed by atoms with Crippen molar-refractivity contribution in [1.82, 2.24) is 0 Å². The van der Waals surface area contributed by atoms with Gasteiger partial charge in [-0.15, -0.1) is 0 Å². The molecule has 0 rings (SSSR count). The molecule has 5 atom stereocenters. The van der Waals surface area contributed by atoms with Crippen LogP contribution in [0.2, 0.25) is 0 Å². The summed E-state index contributed by atoms with van der Waals surface area (Å²) >= 11 is 0. The zero-order valence-corrected chi connectivity index (χ0v) is 62.5. The Bertz CT molecular complexity index is 1910. The van der Waals surface area contributed by atoms with E-state index in [2.05, 4.69) is 65.8 Å². The van der Waals surface area contributed by atoms with Gasteiger partial charge in [0.15, 0.2) is 12.2 Å². The summed E-state index contributed by atoms with van der Waals surface area (Å²) in [7, 11) is -9.92. The summed E-state index contributed by atoms with van der Waals surface area (Å²) in [6.07, 6.45) is 56.4. The quantitative estimate of drug-likeness (QED) is 0.0169. The van der Waals surface area contributed by atoms with Crippen LogP contribution >= 0.6 is 15.6 Å². The van der Waals surface area contributed by atoms with Gasteiger partial charge < -0.3 is 33.8 Å². The van der Waals surface area contributed by atoms with Gasteiger partial charge in [-0.2, -0.15) is 0 Å². The van der Waals surface area contributed by atoms with Crippen LogP contribution in [0.5, 0.6) is 0 Å². The van der Waals surface area contributed by atoms with Gasteiger partial charge >= 0.3 is 39.5 Å². The molecule has 0 saturated carbocycles. The summed E-state index contributed by atoms with van der Waals surface area (Å²) in [6.45, 7) is 9.45. The van der Waals surface area contributed by atoms with Crippen LogP contribution in [0.3, 0.4) is 0 Å². The third-order valence-electron chi connectivity index (χ3n) is 16.8. The van der Waals surface area contributed by atoms with Gasteiger partial charge in [-0.25, -0.2) is 9.13 Å². The predicted molar refractivity (Wildman–Crippen MR) is 381 cm³/mol. The standard InChI is InChI=1S/C75H142O17P2/c1-7-9-11-13-15-17-19-21-23-25-31-35-39-47-53-59-74(79)91-70(63-85-72(77)57-51-45-38-34-30-28-27-29-33-37-43-49-55-67(3)4)65-89-93(81,82)87-61-69(76)62-88-94(83,84)90-66-71(64-86-73(78)58-52-46-42-41-44-50-56-68(5)6)92-75(80)60-54-48-40-36-32-26-24-22-20-18-16-14-12-10-8-2/h17,19,21,23,67-71,76H,7-16,18,20,22,24-66H2,1-6H3,(H,81,82)(H,83,84)/b19-17-,23-21-/t69-,70-,71-/m1/s1. The summed E-state index contributed by atoms with van der Waals surface area (Å²) in [6, 6.07) is 0. The first-order valence-electron chi connectivity index (χ1n) is 38.3. The normalized spacial score (nSPS) is 14.2. The summed E-state index contributed by atoms with van der Waals surface area (Å²) in [5.74, 6) is -0.691. The van der Waals surface area contributed by atoms with Crippen LogP contribution in [0.25, 0.3) is 0 Å². The Kier molecular flexibility index (Phi) is 64.7. The average Bonchev–Trinajstić information content (AvgIpc) is 1.13. The van der Waals surface area contributed by atoms with E-state index in [1.54, 1.807) is 0 Å². The number of allylic oxidation sites excluding steroid dienone is 4. The average molecular weight is 1380 g/mol. The second-order valence-corrected chi connectivity index (χ2v) is 30.2. The number of phosphoric ester groups is 2. The van der Waals surface area contributed by atoms with E-state index in [0.29, 0.717) is 31.6 Å². The Morgan fingerprint density at radius 1 is 0.330 bits per heavy atom. The summed E-state index contributed by atoms with van der Waals surface area (Å²) in [5.41, 5.74) is 0. The first kappa shape index (κ1) is 91.5. The molecule has 2 unspecified atom stereocenters. The van der Waals surface area contributed by atoms with E-state index < -0.39 is 97.5 Å². The number of hydrogen-bond acceptors (Lipinski definition) is 15. The van der Waals surface area contributed by atoms with Crippen molar-refractivity contribution in [3.63, 3.8) is 0 Å². The van der Waals surface area contributed by atoms with Gasteiger partial charge in [-0.3, -0.25) is 37.3 Å². The minimum absolute atomic E-state index is 0.0849. The fourth-order valence-electron chi connectivity index (χ4n) is 10.9. The van der Waals surface area contributed by atoms with Crippen molar-refractivity contribution in [2.75, 3.05) is 39.6 Å². The van der Waals surface area contributed by atoms with E-state index in [-0.39, 0.29) is 25.7 Å². The molecule has 0 aromatic carbocycles. The third kappa shape index (κ3) is 68.1. The van der Waals surface area contributed by atoms with Crippen molar-refractivity contribution in [3.05, 3.63) is 24.3 Å². The van der Waals surface area contributed by atoms with Crippen LogP contribution in [-0.4, -0.2) is 96.7 Å². The molecule has 0 radical (unpaired) electrons. The van der Waals surface area contributed by atoms with E-state index in [9.17, 15) is 43.2 Å². The van der Waals surface area contributed by atoms with Gasteiger partial charge in [-0.1, -0.05) is 310 Å². The van der Waals surface area contributed by atoms with Crippen molar-refractivity contribution in [1.29, 1.82) is 0 Å².